The summed E-state index contributed by atoms with van der Waals surface area (Å²) in [6, 6.07) is 1.77. The first-order chi connectivity index (χ1) is 12.0. The van der Waals surface area contributed by atoms with E-state index in [0.29, 0.717) is 18.9 Å². The van der Waals surface area contributed by atoms with Crippen LogP contribution in [0.1, 0.15) is 18.4 Å². The lowest BCUT2D eigenvalue weighted by Gasteiger charge is -2.41. The number of rotatable bonds is 5. The molecular formula is C17H24N6O2. The fourth-order valence-corrected chi connectivity index (χ4v) is 3.21. The normalized spacial score (nSPS) is 20.5. The highest BCUT2D eigenvalue weighted by Crippen LogP contribution is 2.24. The Labute approximate surface area is 147 Å². The Morgan fingerprint density at radius 3 is 2.84 bits per heavy atom. The molecule has 1 fully saturated rings. The van der Waals surface area contributed by atoms with E-state index in [-0.39, 0.29) is 19.0 Å². The smallest absolute Gasteiger partial charge is 0.244 e. The van der Waals surface area contributed by atoms with Gasteiger partial charge in [0.2, 0.25) is 11.9 Å². The fourth-order valence-electron chi connectivity index (χ4n) is 3.21. The van der Waals surface area contributed by atoms with Gasteiger partial charge in [-0.1, -0.05) is 0 Å². The van der Waals surface area contributed by atoms with Gasteiger partial charge in [-0.2, -0.15) is 5.10 Å². The molecule has 2 aromatic rings. The van der Waals surface area contributed by atoms with E-state index in [1.54, 1.807) is 41.3 Å². The van der Waals surface area contributed by atoms with Crippen molar-refractivity contribution in [3.8, 4) is 0 Å². The topological polar surface area (TPSA) is 87.4 Å². The first kappa shape index (κ1) is 17.3. The van der Waals surface area contributed by atoms with E-state index >= 15 is 0 Å². The number of carbonyl (C=O) groups excluding carboxylic acids is 1. The molecule has 0 bridgehead atoms. The fraction of sp³-hybridized carbons (Fsp3) is 0.529. The number of β-amino-alcohol motifs (C(OH)–C–C–N with tert-alkyl or cyclic N) is 1. The third-order valence-electron chi connectivity index (χ3n) is 4.41. The number of anilines is 1. The van der Waals surface area contributed by atoms with Crippen molar-refractivity contribution < 1.29 is 9.90 Å². The zero-order valence-electron chi connectivity index (χ0n) is 14.7. The largest absolute Gasteiger partial charge is 0.386 e. The van der Waals surface area contributed by atoms with Gasteiger partial charge in [0.05, 0.1) is 24.9 Å². The maximum absolute atomic E-state index is 12.4. The van der Waals surface area contributed by atoms with Crippen LogP contribution in [0.4, 0.5) is 5.95 Å². The van der Waals surface area contributed by atoms with Crippen molar-refractivity contribution in [2.45, 2.75) is 31.9 Å². The number of nitrogens with zero attached hydrogens (tertiary/aromatic N) is 6. The van der Waals surface area contributed by atoms with Gasteiger partial charge in [-0.3, -0.25) is 9.48 Å². The minimum atomic E-state index is -0.970. The van der Waals surface area contributed by atoms with E-state index in [1.165, 1.54) is 0 Å². The van der Waals surface area contributed by atoms with Crippen molar-refractivity contribution >= 4 is 11.9 Å². The Bertz CT molecular complexity index is 719. The van der Waals surface area contributed by atoms with Gasteiger partial charge in [0, 0.05) is 32.2 Å². The summed E-state index contributed by atoms with van der Waals surface area (Å²) >= 11 is 0. The molecule has 8 heteroatoms. The van der Waals surface area contributed by atoms with E-state index in [1.807, 2.05) is 18.0 Å². The number of piperidine rings is 1. The second kappa shape index (κ2) is 7.18. The molecule has 134 valence electrons. The van der Waals surface area contributed by atoms with Crippen LogP contribution in [0.3, 0.4) is 0 Å². The minimum absolute atomic E-state index is 0.0791. The molecule has 1 N–H and O–H groups in total. The maximum Gasteiger partial charge on any atom is 0.244 e. The van der Waals surface area contributed by atoms with Gasteiger partial charge in [-0.05, 0) is 31.4 Å². The van der Waals surface area contributed by atoms with Crippen molar-refractivity contribution in [3.63, 3.8) is 0 Å². The average Bonchev–Trinajstić information content (AvgIpc) is 3.00. The Hall–Kier alpha value is -2.48. The molecule has 8 nitrogen and oxygen atoms in total. The van der Waals surface area contributed by atoms with Crippen molar-refractivity contribution in [2.75, 3.05) is 31.6 Å². The van der Waals surface area contributed by atoms with Crippen LogP contribution < -0.4 is 4.90 Å². The van der Waals surface area contributed by atoms with Gasteiger partial charge in [0.25, 0.3) is 0 Å². The molecule has 1 unspecified atom stereocenters. The van der Waals surface area contributed by atoms with Gasteiger partial charge in [-0.25, -0.2) is 9.97 Å². The summed E-state index contributed by atoms with van der Waals surface area (Å²) in [6.45, 7) is 3.59. The Morgan fingerprint density at radius 1 is 1.40 bits per heavy atom. The third kappa shape index (κ3) is 4.33. The summed E-state index contributed by atoms with van der Waals surface area (Å²) in [7, 11) is 1.72. The molecule has 0 radical (unpaired) electrons. The van der Waals surface area contributed by atoms with Crippen LogP contribution >= 0.6 is 0 Å². The molecule has 0 spiro atoms. The predicted molar refractivity (Wildman–Crippen MR) is 93.0 cm³/mol. The number of aromatic nitrogens is 4. The molecular weight excluding hydrogens is 320 g/mol. The quantitative estimate of drug-likeness (QED) is 0.848. The molecule has 1 atom stereocenters. The molecule has 3 rings (SSSR count). The highest BCUT2D eigenvalue weighted by atomic mass is 16.3. The standard InChI is InChI=1S/C17H24N6O2/c1-14-9-20-23(10-14)11-15(24)21(2)12-17(25)5-3-8-22(13-17)16-18-6-4-7-19-16/h4,6-7,9-10,25H,3,5,8,11-13H2,1-2H3. The molecule has 0 aromatic carbocycles. The Morgan fingerprint density at radius 2 is 2.16 bits per heavy atom. The average molecular weight is 344 g/mol. The lowest BCUT2D eigenvalue weighted by atomic mass is 9.92. The van der Waals surface area contributed by atoms with E-state index < -0.39 is 5.60 Å². The van der Waals surface area contributed by atoms with Gasteiger partial charge in [-0.15, -0.1) is 0 Å². The summed E-state index contributed by atoms with van der Waals surface area (Å²) < 4.78 is 1.61. The monoisotopic (exact) mass is 344 g/mol. The summed E-state index contributed by atoms with van der Waals surface area (Å²) in [4.78, 5) is 24.5. The van der Waals surface area contributed by atoms with Crippen LogP contribution in [0.5, 0.6) is 0 Å². The first-order valence-electron chi connectivity index (χ1n) is 8.43. The van der Waals surface area contributed by atoms with Gasteiger partial charge in [0.15, 0.2) is 0 Å². The zero-order chi connectivity index (χ0) is 17.9. The van der Waals surface area contributed by atoms with Gasteiger partial charge < -0.3 is 14.9 Å². The number of aliphatic hydroxyl groups is 1. The van der Waals surface area contributed by atoms with E-state index in [0.717, 1.165) is 18.5 Å². The number of carbonyl (C=O) groups is 1. The number of likely N-dealkylation sites (N-methyl/N-ethyl adjacent to an activating group) is 1. The maximum atomic E-state index is 12.4. The molecule has 1 saturated heterocycles. The molecule has 25 heavy (non-hydrogen) atoms. The predicted octanol–water partition coefficient (Wildman–Crippen LogP) is 0.471. The number of aryl methyl sites for hydroxylation is 1. The highest BCUT2D eigenvalue weighted by molar-refractivity contribution is 5.75. The van der Waals surface area contributed by atoms with Crippen LogP contribution in [0.25, 0.3) is 0 Å². The molecule has 1 aliphatic heterocycles. The summed E-state index contributed by atoms with van der Waals surface area (Å²) in [6.07, 6.45) is 8.41. The van der Waals surface area contributed by atoms with Crippen LogP contribution in [0, 0.1) is 6.92 Å². The minimum Gasteiger partial charge on any atom is -0.386 e. The van der Waals surface area contributed by atoms with Gasteiger partial charge >= 0.3 is 0 Å². The van der Waals surface area contributed by atoms with Crippen molar-refractivity contribution in [2.24, 2.45) is 0 Å². The third-order valence-corrected chi connectivity index (χ3v) is 4.41. The SMILES string of the molecule is Cc1cnn(CC(=O)N(C)CC2(O)CCCN(c3ncccn3)C2)c1. The highest BCUT2D eigenvalue weighted by Gasteiger charge is 2.36. The summed E-state index contributed by atoms with van der Waals surface area (Å²) in [5.41, 5.74) is 0.0434. The summed E-state index contributed by atoms with van der Waals surface area (Å²) in [5, 5.41) is 15.1. The number of hydrogen-bond donors (Lipinski definition) is 1. The molecule has 2 aromatic heterocycles. The van der Waals surface area contributed by atoms with Crippen LogP contribution in [0.15, 0.2) is 30.9 Å². The second-order valence-corrected chi connectivity index (χ2v) is 6.76. The van der Waals surface area contributed by atoms with Crippen molar-refractivity contribution in [1.82, 2.24) is 24.6 Å². The number of hydrogen-bond acceptors (Lipinski definition) is 6. The molecule has 3 heterocycles. The lowest BCUT2D eigenvalue weighted by molar-refractivity contribution is -0.134. The van der Waals surface area contributed by atoms with Crippen molar-refractivity contribution in [1.29, 1.82) is 0 Å². The molecule has 0 saturated carbocycles. The van der Waals surface area contributed by atoms with Crippen LogP contribution in [-0.4, -0.2) is 67.9 Å². The molecule has 0 aliphatic carbocycles. The van der Waals surface area contributed by atoms with E-state index in [4.69, 9.17) is 0 Å². The number of amides is 1. The Kier molecular flexibility index (Phi) is 4.98. The van der Waals surface area contributed by atoms with E-state index in [2.05, 4.69) is 15.1 Å². The van der Waals surface area contributed by atoms with Gasteiger partial charge in [0.1, 0.15) is 6.54 Å². The first-order valence-corrected chi connectivity index (χ1v) is 8.43. The molecule has 1 aliphatic rings. The lowest BCUT2D eigenvalue weighted by Crippen LogP contribution is -2.55. The van der Waals surface area contributed by atoms with Crippen LogP contribution in [-0.2, 0) is 11.3 Å². The Balaban J connectivity index is 1.61. The summed E-state index contributed by atoms with van der Waals surface area (Å²) in [5.74, 6) is 0.534. The molecule has 1 amide bonds. The van der Waals surface area contributed by atoms with E-state index in [9.17, 15) is 9.90 Å². The van der Waals surface area contributed by atoms with Crippen LogP contribution in [0.2, 0.25) is 0 Å². The zero-order valence-corrected chi connectivity index (χ0v) is 14.7. The van der Waals surface area contributed by atoms with Crippen molar-refractivity contribution in [3.05, 3.63) is 36.4 Å². The second-order valence-electron chi connectivity index (χ2n) is 6.76.